The summed E-state index contributed by atoms with van der Waals surface area (Å²) in [6.45, 7) is 7.64. The van der Waals surface area contributed by atoms with Crippen molar-refractivity contribution in [3.63, 3.8) is 0 Å². The minimum absolute atomic E-state index is 0.167. The Balaban J connectivity index is 2.35. The van der Waals surface area contributed by atoms with Gasteiger partial charge in [0.25, 0.3) is 0 Å². The van der Waals surface area contributed by atoms with Crippen molar-refractivity contribution in [1.29, 1.82) is 0 Å². The van der Waals surface area contributed by atoms with E-state index in [0.717, 1.165) is 17.7 Å². The van der Waals surface area contributed by atoms with Crippen molar-refractivity contribution in [2.45, 2.75) is 33.7 Å². The van der Waals surface area contributed by atoms with Gasteiger partial charge in [0, 0.05) is 18.8 Å². The van der Waals surface area contributed by atoms with Crippen molar-refractivity contribution in [2.24, 2.45) is 11.1 Å². The molecule has 4 heteroatoms. The number of urea groups is 1. The minimum Gasteiger partial charge on any atom is -0.338 e. The summed E-state index contributed by atoms with van der Waals surface area (Å²) in [6, 6.07) is 7.35. The summed E-state index contributed by atoms with van der Waals surface area (Å²) in [5.41, 5.74) is 7.57. The number of rotatable bonds is 4. The summed E-state index contributed by atoms with van der Waals surface area (Å²) in [6.07, 6.45) is 0.951. The second-order valence-electron chi connectivity index (χ2n) is 5.59. The zero-order valence-corrected chi connectivity index (χ0v) is 11.4. The molecule has 18 heavy (non-hydrogen) atoms. The molecule has 0 aromatic heterocycles. The van der Waals surface area contributed by atoms with Crippen molar-refractivity contribution < 1.29 is 4.79 Å². The van der Waals surface area contributed by atoms with Gasteiger partial charge >= 0.3 is 6.03 Å². The van der Waals surface area contributed by atoms with Crippen LogP contribution in [0.3, 0.4) is 0 Å². The molecule has 0 fully saturated rings. The molecule has 0 saturated heterocycles. The van der Waals surface area contributed by atoms with Gasteiger partial charge in [-0.3, -0.25) is 0 Å². The van der Waals surface area contributed by atoms with Gasteiger partial charge < -0.3 is 16.4 Å². The average molecular weight is 249 g/mol. The first-order valence-corrected chi connectivity index (χ1v) is 6.24. The molecule has 1 rings (SSSR count). The fourth-order valence-corrected chi connectivity index (χ4v) is 1.45. The third-order valence-electron chi connectivity index (χ3n) is 2.61. The van der Waals surface area contributed by atoms with E-state index in [1.165, 1.54) is 0 Å². The van der Waals surface area contributed by atoms with Gasteiger partial charge in [0.2, 0.25) is 0 Å². The Morgan fingerprint density at radius 2 is 1.83 bits per heavy atom. The van der Waals surface area contributed by atoms with Crippen LogP contribution in [0.2, 0.25) is 0 Å². The first kappa shape index (κ1) is 14.5. The Hall–Kier alpha value is -1.55. The number of amides is 2. The summed E-state index contributed by atoms with van der Waals surface area (Å²) < 4.78 is 0. The molecular weight excluding hydrogens is 226 g/mol. The van der Waals surface area contributed by atoms with Gasteiger partial charge in [-0.1, -0.05) is 32.9 Å². The number of benzene rings is 1. The monoisotopic (exact) mass is 249 g/mol. The van der Waals surface area contributed by atoms with E-state index in [4.69, 9.17) is 5.73 Å². The second-order valence-corrected chi connectivity index (χ2v) is 5.59. The Morgan fingerprint density at radius 1 is 1.22 bits per heavy atom. The SMILES string of the molecule is CC(C)(C)CCNC(=O)Nc1ccc(CN)cc1. The molecule has 0 unspecified atom stereocenters. The van der Waals surface area contributed by atoms with Crippen molar-refractivity contribution in [1.82, 2.24) is 5.32 Å². The fraction of sp³-hybridized carbons (Fsp3) is 0.500. The number of nitrogens with one attached hydrogen (secondary N) is 2. The van der Waals surface area contributed by atoms with Gasteiger partial charge in [-0.2, -0.15) is 0 Å². The van der Waals surface area contributed by atoms with Crippen LogP contribution in [-0.4, -0.2) is 12.6 Å². The van der Waals surface area contributed by atoms with E-state index in [1.807, 2.05) is 24.3 Å². The maximum Gasteiger partial charge on any atom is 0.319 e. The van der Waals surface area contributed by atoms with Crippen LogP contribution in [0.4, 0.5) is 10.5 Å². The molecule has 0 bridgehead atoms. The summed E-state index contributed by atoms with van der Waals surface area (Å²) in [4.78, 5) is 11.6. The average Bonchev–Trinajstić information content (AvgIpc) is 2.28. The van der Waals surface area contributed by atoms with E-state index in [0.29, 0.717) is 13.1 Å². The van der Waals surface area contributed by atoms with Crippen LogP contribution in [-0.2, 0) is 6.54 Å². The summed E-state index contributed by atoms with van der Waals surface area (Å²) in [7, 11) is 0. The first-order valence-electron chi connectivity index (χ1n) is 6.24. The summed E-state index contributed by atoms with van der Waals surface area (Å²) in [5.74, 6) is 0. The molecule has 2 amide bonds. The predicted molar refractivity (Wildman–Crippen MR) is 75.4 cm³/mol. The van der Waals surface area contributed by atoms with E-state index in [1.54, 1.807) is 0 Å². The third-order valence-corrected chi connectivity index (χ3v) is 2.61. The number of carbonyl (C=O) groups is 1. The molecule has 0 aliphatic carbocycles. The second kappa shape index (κ2) is 6.40. The number of nitrogens with two attached hydrogens (primary N) is 1. The summed E-state index contributed by atoms with van der Waals surface area (Å²) in [5, 5.41) is 5.63. The molecular formula is C14H23N3O. The lowest BCUT2D eigenvalue weighted by molar-refractivity contribution is 0.250. The largest absolute Gasteiger partial charge is 0.338 e. The van der Waals surface area contributed by atoms with Crippen molar-refractivity contribution in [2.75, 3.05) is 11.9 Å². The Bertz CT molecular complexity index is 379. The Morgan fingerprint density at radius 3 is 2.33 bits per heavy atom. The van der Waals surface area contributed by atoms with E-state index in [-0.39, 0.29) is 11.4 Å². The topological polar surface area (TPSA) is 67.2 Å². The van der Waals surface area contributed by atoms with Crippen LogP contribution in [0.25, 0.3) is 0 Å². The van der Waals surface area contributed by atoms with Gasteiger partial charge in [0.05, 0.1) is 0 Å². The van der Waals surface area contributed by atoms with Gasteiger partial charge in [0.1, 0.15) is 0 Å². The molecule has 0 saturated carbocycles. The molecule has 4 N–H and O–H groups in total. The first-order chi connectivity index (χ1) is 8.40. The minimum atomic E-state index is -0.167. The lowest BCUT2D eigenvalue weighted by Gasteiger charge is -2.18. The zero-order valence-electron chi connectivity index (χ0n) is 11.4. The zero-order chi connectivity index (χ0) is 13.6. The standard InChI is InChI=1S/C14H23N3O/c1-14(2,3)8-9-16-13(18)17-12-6-4-11(10-15)5-7-12/h4-7H,8-10,15H2,1-3H3,(H2,16,17,18). The molecule has 4 nitrogen and oxygen atoms in total. The number of carbonyl (C=O) groups excluding carboxylic acids is 1. The smallest absolute Gasteiger partial charge is 0.319 e. The number of anilines is 1. The quantitative estimate of drug-likeness (QED) is 0.768. The molecule has 1 aromatic rings. The van der Waals surface area contributed by atoms with Crippen LogP contribution in [0.5, 0.6) is 0 Å². The highest BCUT2D eigenvalue weighted by atomic mass is 16.2. The van der Waals surface area contributed by atoms with Crippen LogP contribution < -0.4 is 16.4 Å². The normalized spacial score (nSPS) is 11.1. The highest BCUT2D eigenvalue weighted by Gasteiger charge is 2.10. The lowest BCUT2D eigenvalue weighted by atomic mass is 9.92. The van der Waals surface area contributed by atoms with Crippen molar-refractivity contribution in [3.8, 4) is 0 Å². The van der Waals surface area contributed by atoms with Crippen LogP contribution in [0.15, 0.2) is 24.3 Å². The molecule has 0 aliphatic rings. The number of hydrogen-bond acceptors (Lipinski definition) is 2. The van der Waals surface area contributed by atoms with Gasteiger partial charge in [-0.25, -0.2) is 4.79 Å². The van der Waals surface area contributed by atoms with Crippen LogP contribution in [0.1, 0.15) is 32.8 Å². The molecule has 0 atom stereocenters. The van der Waals surface area contributed by atoms with Crippen molar-refractivity contribution >= 4 is 11.7 Å². The van der Waals surface area contributed by atoms with E-state index >= 15 is 0 Å². The highest BCUT2D eigenvalue weighted by molar-refractivity contribution is 5.89. The summed E-state index contributed by atoms with van der Waals surface area (Å²) >= 11 is 0. The molecule has 0 heterocycles. The van der Waals surface area contributed by atoms with Crippen LogP contribution in [0, 0.1) is 5.41 Å². The number of hydrogen-bond donors (Lipinski definition) is 3. The predicted octanol–water partition coefficient (Wildman–Crippen LogP) is 2.70. The third kappa shape index (κ3) is 5.68. The maximum atomic E-state index is 11.6. The molecule has 0 spiro atoms. The lowest BCUT2D eigenvalue weighted by Crippen LogP contribution is -2.31. The van der Waals surface area contributed by atoms with Crippen molar-refractivity contribution in [3.05, 3.63) is 29.8 Å². The molecule has 0 radical (unpaired) electrons. The molecule has 1 aromatic carbocycles. The van der Waals surface area contributed by atoms with E-state index < -0.39 is 0 Å². The van der Waals surface area contributed by atoms with Crippen LogP contribution >= 0.6 is 0 Å². The van der Waals surface area contributed by atoms with E-state index in [2.05, 4.69) is 31.4 Å². The molecule has 100 valence electrons. The fourth-order valence-electron chi connectivity index (χ4n) is 1.45. The highest BCUT2D eigenvalue weighted by Crippen LogP contribution is 2.17. The van der Waals surface area contributed by atoms with Gasteiger partial charge in [-0.15, -0.1) is 0 Å². The van der Waals surface area contributed by atoms with Gasteiger partial charge in [-0.05, 0) is 29.5 Å². The van der Waals surface area contributed by atoms with E-state index in [9.17, 15) is 4.79 Å². The van der Waals surface area contributed by atoms with Gasteiger partial charge in [0.15, 0.2) is 0 Å². The Kier molecular flexibility index (Phi) is 5.16. The molecule has 0 aliphatic heterocycles. The maximum absolute atomic E-state index is 11.6. The Labute approximate surface area is 109 Å².